The van der Waals surface area contributed by atoms with Crippen LogP contribution in [-0.4, -0.2) is 5.78 Å². The van der Waals surface area contributed by atoms with Gasteiger partial charge in [-0.25, -0.2) is 0 Å². The maximum absolute atomic E-state index is 10.9. The molecule has 0 aliphatic heterocycles. The summed E-state index contributed by atoms with van der Waals surface area (Å²) in [7, 11) is 0. The number of hydrogen-bond donors (Lipinski definition) is 0. The minimum atomic E-state index is 0.0493. The lowest BCUT2D eigenvalue weighted by Gasteiger charge is -1.99. The molecule has 0 aliphatic rings. The predicted molar refractivity (Wildman–Crippen MR) is 57.6 cm³/mol. The van der Waals surface area contributed by atoms with Crippen LogP contribution in [0.4, 0.5) is 0 Å². The van der Waals surface area contributed by atoms with Gasteiger partial charge in [-0.1, -0.05) is 31.7 Å². The second kappa shape index (κ2) is 6.41. The average Bonchev–Trinajstić information content (AvgIpc) is 2.10. The summed E-state index contributed by atoms with van der Waals surface area (Å²) in [5.41, 5.74) is 1.60. The van der Waals surface area contributed by atoms with E-state index in [4.69, 9.17) is 0 Å². The van der Waals surface area contributed by atoms with Crippen molar-refractivity contribution in [1.82, 2.24) is 0 Å². The highest BCUT2D eigenvalue weighted by Gasteiger charge is 2.00. The van der Waals surface area contributed by atoms with Crippen molar-refractivity contribution in [3.63, 3.8) is 0 Å². The largest absolute Gasteiger partial charge is 0.295 e. The third-order valence-electron chi connectivity index (χ3n) is 1.86. The average molecular weight is 178 g/mol. The van der Waals surface area contributed by atoms with Crippen LogP contribution in [-0.2, 0) is 4.79 Å². The first-order chi connectivity index (χ1) is 6.09. The molecule has 0 aromatic rings. The highest BCUT2D eigenvalue weighted by atomic mass is 16.1. The van der Waals surface area contributed by atoms with Crippen molar-refractivity contribution in [2.45, 2.75) is 33.6 Å². The monoisotopic (exact) mass is 178 g/mol. The van der Waals surface area contributed by atoms with Gasteiger partial charge in [-0.2, -0.15) is 0 Å². The van der Waals surface area contributed by atoms with E-state index in [2.05, 4.69) is 25.7 Å². The Morgan fingerprint density at radius 2 is 1.92 bits per heavy atom. The van der Waals surface area contributed by atoms with Gasteiger partial charge in [-0.15, -0.1) is 0 Å². The fourth-order valence-corrected chi connectivity index (χ4v) is 0.909. The summed E-state index contributed by atoms with van der Waals surface area (Å²) in [5, 5.41) is 0. The maximum Gasteiger partial charge on any atom is 0.159 e. The summed E-state index contributed by atoms with van der Waals surface area (Å²) in [5.74, 6) is 0.0493. The molecule has 0 saturated heterocycles. The van der Waals surface area contributed by atoms with Gasteiger partial charge in [-0.05, 0) is 32.3 Å². The quantitative estimate of drug-likeness (QED) is 0.358. The van der Waals surface area contributed by atoms with Gasteiger partial charge in [0.05, 0.1) is 0 Å². The molecule has 0 bridgehead atoms. The van der Waals surface area contributed by atoms with Crippen molar-refractivity contribution >= 4 is 5.78 Å². The van der Waals surface area contributed by atoms with Crippen molar-refractivity contribution in [1.29, 1.82) is 0 Å². The lowest BCUT2D eigenvalue weighted by Crippen LogP contribution is -1.95. The van der Waals surface area contributed by atoms with E-state index in [0.29, 0.717) is 5.57 Å². The molecule has 13 heavy (non-hydrogen) atoms. The van der Waals surface area contributed by atoms with Crippen LogP contribution in [0.15, 0.2) is 36.0 Å². The highest BCUT2D eigenvalue weighted by molar-refractivity contribution is 5.96. The normalized spacial score (nSPS) is 12.1. The number of rotatable bonds is 5. The first-order valence-corrected chi connectivity index (χ1v) is 4.61. The van der Waals surface area contributed by atoms with E-state index in [0.717, 1.165) is 18.4 Å². The van der Waals surface area contributed by atoms with Gasteiger partial charge in [0.1, 0.15) is 0 Å². The molecule has 1 heteroatoms. The fourth-order valence-electron chi connectivity index (χ4n) is 0.909. The van der Waals surface area contributed by atoms with E-state index in [1.54, 1.807) is 6.92 Å². The van der Waals surface area contributed by atoms with Crippen LogP contribution < -0.4 is 0 Å². The van der Waals surface area contributed by atoms with E-state index in [9.17, 15) is 4.79 Å². The molecular weight excluding hydrogens is 160 g/mol. The van der Waals surface area contributed by atoms with Gasteiger partial charge in [0, 0.05) is 5.57 Å². The fraction of sp³-hybridized carbons (Fsp3) is 0.417. The third-order valence-corrected chi connectivity index (χ3v) is 1.86. The molecule has 0 fully saturated rings. The van der Waals surface area contributed by atoms with E-state index in [-0.39, 0.29) is 5.78 Å². The molecule has 0 rings (SSSR count). The molecule has 0 heterocycles. The second-order valence-electron chi connectivity index (χ2n) is 3.04. The lowest BCUT2D eigenvalue weighted by atomic mass is 10.1. The third kappa shape index (κ3) is 5.18. The Morgan fingerprint density at radius 1 is 1.31 bits per heavy atom. The van der Waals surface area contributed by atoms with Crippen molar-refractivity contribution in [3.05, 3.63) is 36.0 Å². The van der Waals surface area contributed by atoms with Crippen molar-refractivity contribution in [3.8, 4) is 0 Å². The predicted octanol–water partition coefficient (Wildman–Crippen LogP) is 3.43. The summed E-state index contributed by atoms with van der Waals surface area (Å²) in [6.45, 7) is 9.27. The molecule has 0 spiro atoms. The van der Waals surface area contributed by atoms with Crippen molar-refractivity contribution in [2.24, 2.45) is 0 Å². The van der Waals surface area contributed by atoms with Gasteiger partial charge in [0.2, 0.25) is 0 Å². The minimum Gasteiger partial charge on any atom is -0.295 e. The number of carbonyl (C=O) groups is 1. The first kappa shape index (κ1) is 11.9. The van der Waals surface area contributed by atoms with E-state index >= 15 is 0 Å². The van der Waals surface area contributed by atoms with Crippen molar-refractivity contribution < 1.29 is 4.79 Å². The lowest BCUT2D eigenvalue weighted by molar-refractivity contribution is -0.113. The van der Waals surface area contributed by atoms with Gasteiger partial charge in [0.15, 0.2) is 5.78 Å². The molecule has 0 aromatic carbocycles. The van der Waals surface area contributed by atoms with Crippen LogP contribution in [0.3, 0.4) is 0 Å². The van der Waals surface area contributed by atoms with Crippen LogP contribution in [0.5, 0.6) is 0 Å². The molecule has 0 N–H and O–H groups in total. The summed E-state index contributed by atoms with van der Waals surface area (Å²) >= 11 is 0. The molecule has 0 atom stereocenters. The zero-order valence-electron chi connectivity index (χ0n) is 8.76. The van der Waals surface area contributed by atoms with Crippen LogP contribution >= 0.6 is 0 Å². The first-order valence-electron chi connectivity index (χ1n) is 4.61. The highest BCUT2D eigenvalue weighted by Crippen LogP contribution is 2.08. The van der Waals surface area contributed by atoms with Crippen LogP contribution in [0.1, 0.15) is 33.6 Å². The van der Waals surface area contributed by atoms with E-state index in [1.807, 2.05) is 13.0 Å². The Morgan fingerprint density at radius 3 is 2.38 bits per heavy atom. The number of allylic oxidation sites excluding steroid dienone is 5. The molecule has 0 unspecified atom stereocenters. The smallest absolute Gasteiger partial charge is 0.159 e. The van der Waals surface area contributed by atoms with Crippen LogP contribution in [0.2, 0.25) is 0 Å². The number of ketones is 1. The molecule has 0 saturated carbocycles. The summed E-state index contributed by atoms with van der Waals surface area (Å²) in [6, 6.07) is 0. The SMILES string of the molecule is C=C(C(C)=O)/C(C)=C\C/C=C\CC. The molecule has 72 valence electrons. The zero-order valence-corrected chi connectivity index (χ0v) is 8.76. The molecule has 0 radical (unpaired) electrons. The van der Waals surface area contributed by atoms with Gasteiger partial charge < -0.3 is 0 Å². The summed E-state index contributed by atoms with van der Waals surface area (Å²) in [4.78, 5) is 10.9. The Kier molecular flexibility index (Phi) is 5.86. The maximum atomic E-state index is 10.9. The molecule has 1 nitrogen and oxygen atoms in total. The molecular formula is C12H18O. The Bertz CT molecular complexity index is 244. The Balaban J connectivity index is 4.10. The summed E-state index contributed by atoms with van der Waals surface area (Å²) < 4.78 is 0. The standard InChI is InChI=1S/C12H18O/c1-5-6-7-8-9-10(2)11(3)12(4)13/h6-7,9H,3,5,8H2,1-2,4H3/b7-6-,10-9-. The van der Waals surface area contributed by atoms with Crippen LogP contribution in [0, 0.1) is 0 Å². The molecule has 0 aromatic heterocycles. The number of Topliss-reactive ketones (excluding diaryl/α,β-unsaturated/α-hetero) is 1. The van der Waals surface area contributed by atoms with Crippen LogP contribution in [0.25, 0.3) is 0 Å². The van der Waals surface area contributed by atoms with Gasteiger partial charge >= 0.3 is 0 Å². The van der Waals surface area contributed by atoms with Crippen molar-refractivity contribution in [2.75, 3.05) is 0 Å². The molecule has 0 amide bonds. The topological polar surface area (TPSA) is 17.1 Å². The second-order valence-corrected chi connectivity index (χ2v) is 3.04. The van der Waals surface area contributed by atoms with Gasteiger partial charge in [-0.3, -0.25) is 4.79 Å². The molecule has 0 aliphatic carbocycles. The number of carbonyl (C=O) groups excluding carboxylic acids is 1. The Labute approximate surface area is 80.8 Å². The Hall–Kier alpha value is -1.11. The zero-order chi connectivity index (χ0) is 10.3. The summed E-state index contributed by atoms with van der Waals surface area (Å²) in [6.07, 6.45) is 8.17. The minimum absolute atomic E-state index is 0.0493. The number of hydrogen-bond acceptors (Lipinski definition) is 1. The van der Waals surface area contributed by atoms with E-state index in [1.165, 1.54) is 0 Å². The van der Waals surface area contributed by atoms with Gasteiger partial charge in [0.25, 0.3) is 0 Å². The van der Waals surface area contributed by atoms with E-state index < -0.39 is 0 Å².